The van der Waals surface area contributed by atoms with Crippen molar-refractivity contribution in [1.82, 2.24) is 0 Å². The number of anilines is 1. The number of hydrogen-bond donors (Lipinski definition) is 1. The minimum atomic E-state index is 0.244. The van der Waals surface area contributed by atoms with Crippen LogP contribution in [-0.4, -0.2) is 14.5 Å². The summed E-state index contributed by atoms with van der Waals surface area (Å²) in [5, 5.41) is 8.79. The molecule has 0 saturated heterocycles. The predicted octanol–water partition coefficient (Wildman–Crippen LogP) is 1.54. The van der Waals surface area contributed by atoms with Gasteiger partial charge in [-0.3, -0.25) is 0 Å². The number of nitrogens with two attached hydrogens (primary N) is 1. The molecule has 1 aromatic heterocycles. The van der Waals surface area contributed by atoms with E-state index in [0.29, 0.717) is 0 Å². The SMILES string of the molecule is CCCCc1c[se]c(N)c1C#N. The van der Waals surface area contributed by atoms with Crippen molar-refractivity contribution < 1.29 is 0 Å². The zero-order chi connectivity index (χ0) is 8.97. The van der Waals surface area contributed by atoms with Gasteiger partial charge in [0.25, 0.3) is 0 Å². The van der Waals surface area contributed by atoms with Gasteiger partial charge >= 0.3 is 78.4 Å². The van der Waals surface area contributed by atoms with E-state index in [1.807, 2.05) is 0 Å². The Kier molecular flexibility index (Phi) is 3.40. The predicted molar refractivity (Wildman–Crippen MR) is 51.1 cm³/mol. The average molecular weight is 227 g/mol. The Labute approximate surface area is 78.7 Å². The Morgan fingerprint density at radius 1 is 1.67 bits per heavy atom. The van der Waals surface area contributed by atoms with E-state index < -0.39 is 0 Å². The Bertz CT molecular complexity index is 296. The van der Waals surface area contributed by atoms with Gasteiger partial charge in [0.05, 0.1) is 0 Å². The van der Waals surface area contributed by atoms with E-state index in [-0.39, 0.29) is 14.5 Å². The third-order valence-corrected chi connectivity index (χ3v) is 3.61. The van der Waals surface area contributed by atoms with Crippen LogP contribution < -0.4 is 5.73 Å². The van der Waals surface area contributed by atoms with Crippen molar-refractivity contribution in [3.05, 3.63) is 16.1 Å². The molecule has 2 nitrogen and oxygen atoms in total. The number of hydrogen-bond acceptors (Lipinski definition) is 2. The molecule has 0 bridgehead atoms. The molecule has 0 aliphatic carbocycles. The number of rotatable bonds is 3. The van der Waals surface area contributed by atoms with Gasteiger partial charge in [0.1, 0.15) is 0 Å². The molecule has 0 spiro atoms. The third-order valence-electron chi connectivity index (χ3n) is 1.81. The number of unbranched alkanes of at least 4 members (excludes halogenated alkanes) is 1. The summed E-state index contributed by atoms with van der Waals surface area (Å²) in [5.41, 5.74) is 7.62. The van der Waals surface area contributed by atoms with E-state index in [4.69, 9.17) is 11.0 Å². The van der Waals surface area contributed by atoms with Gasteiger partial charge in [0.2, 0.25) is 0 Å². The summed E-state index contributed by atoms with van der Waals surface area (Å²) in [6.07, 6.45) is 3.34. The molecule has 2 N–H and O–H groups in total. The maximum atomic E-state index is 8.79. The number of nitriles is 1. The van der Waals surface area contributed by atoms with Crippen molar-refractivity contribution in [3.63, 3.8) is 0 Å². The molecule has 1 rings (SSSR count). The summed E-state index contributed by atoms with van der Waals surface area (Å²) in [6.45, 7) is 2.15. The number of nitrogens with zero attached hydrogens (tertiary/aromatic N) is 1. The third kappa shape index (κ3) is 1.91. The van der Waals surface area contributed by atoms with Crippen LogP contribution in [0.3, 0.4) is 0 Å². The van der Waals surface area contributed by atoms with Crippen molar-refractivity contribution in [2.24, 2.45) is 0 Å². The second-order valence-corrected chi connectivity index (χ2v) is 4.63. The van der Waals surface area contributed by atoms with E-state index in [9.17, 15) is 0 Å². The van der Waals surface area contributed by atoms with Gasteiger partial charge in [-0.05, 0) is 0 Å². The first-order chi connectivity index (χ1) is 5.79. The Balaban J connectivity index is 2.79. The summed E-state index contributed by atoms with van der Waals surface area (Å²) in [5.74, 6) is 0. The molecule has 3 heteroatoms. The number of nitrogen functional groups attached to an aromatic ring is 1. The van der Waals surface area contributed by atoms with Gasteiger partial charge in [0.15, 0.2) is 0 Å². The van der Waals surface area contributed by atoms with Crippen molar-refractivity contribution >= 4 is 19.1 Å². The van der Waals surface area contributed by atoms with Crippen LogP contribution in [0, 0.1) is 11.3 Å². The molecule has 1 heterocycles. The molecule has 12 heavy (non-hydrogen) atoms. The zero-order valence-electron chi connectivity index (χ0n) is 7.13. The molecular weight excluding hydrogens is 215 g/mol. The quantitative estimate of drug-likeness (QED) is 0.796. The number of aryl methyl sites for hydroxylation is 1. The molecule has 0 radical (unpaired) electrons. The molecule has 0 atom stereocenters. The molecule has 0 fully saturated rings. The van der Waals surface area contributed by atoms with Crippen LogP contribution >= 0.6 is 0 Å². The normalized spacial score (nSPS) is 9.67. The van der Waals surface area contributed by atoms with Crippen molar-refractivity contribution in [3.8, 4) is 6.07 Å². The van der Waals surface area contributed by atoms with E-state index in [1.54, 1.807) is 0 Å². The Morgan fingerprint density at radius 2 is 2.42 bits per heavy atom. The molecule has 0 aromatic carbocycles. The fourth-order valence-electron chi connectivity index (χ4n) is 1.09. The van der Waals surface area contributed by atoms with Gasteiger partial charge < -0.3 is 0 Å². The molecule has 0 aliphatic rings. The van der Waals surface area contributed by atoms with E-state index in [2.05, 4.69) is 17.9 Å². The second kappa shape index (κ2) is 4.35. The van der Waals surface area contributed by atoms with Crippen LogP contribution in [0.15, 0.2) is 4.94 Å². The van der Waals surface area contributed by atoms with Crippen molar-refractivity contribution in [2.75, 3.05) is 5.73 Å². The minimum absolute atomic E-state index is 0.244. The summed E-state index contributed by atoms with van der Waals surface area (Å²) < 4.78 is 0.802. The summed E-state index contributed by atoms with van der Waals surface area (Å²) in [7, 11) is 0. The first kappa shape index (κ1) is 9.38. The molecule has 0 unspecified atom stereocenters. The fourth-order valence-corrected chi connectivity index (χ4v) is 2.77. The molecule has 1 aromatic rings. The van der Waals surface area contributed by atoms with Gasteiger partial charge in [0, 0.05) is 0 Å². The van der Waals surface area contributed by atoms with Crippen LogP contribution in [0.5, 0.6) is 0 Å². The first-order valence-corrected chi connectivity index (χ1v) is 5.90. The summed E-state index contributed by atoms with van der Waals surface area (Å²) in [6, 6.07) is 2.17. The Hall–Kier alpha value is -0.711. The Morgan fingerprint density at radius 3 is 3.00 bits per heavy atom. The molecule has 0 amide bonds. The second-order valence-electron chi connectivity index (χ2n) is 2.72. The van der Waals surface area contributed by atoms with Crippen molar-refractivity contribution in [2.45, 2.75) is 26.2 Å². The van der Waals surface area contributed by atoms with E-state index in [0.717, 1.165) is 23.0 Å². The first-order valence-electron chi connectivity index (χ1n) is 4.05. The topological polar surface area (TPSA) is 49.8 Å². The average Bonchev–Trinajstić information content (AvgIpc) is 2.43. The van der Waals surface area contributed by atoms with Crippen LogP contribution in [-0.2, 0) is 6.42 Å². The molecule has 0 aliphatic heterocycles. The van der Waals surface area contributed by atoms with Crippen LogP contribution in [0.25, 0.3) is 0 Å². The standard InChI is InChI=1S/C9H12N2Se/c1-2-3-4-7-6-12-9(11)8(7)5-10/h6H,2-4,11H2,1H3. The summed E-state index contributed by atoms with van der Waals surface area (Å²) >= 11 is 0.244. The van der Waals surface area contributed by atoms with Gasteiger partial charge in [-0.1, -0.05) is 0 Å². The maximum absolute atomic E-state index is 8.79. The van der Waals surface area contributed by atoms with E-state index >= 15 is 0 Å². The zero-order valence-corrected chi connectivity index (χ0v) is 8.84. The fraction of sp³-hybridized carbons (Fsp3) is 0.444. The summed E-state index contributed by atoms with van der Waals surface area (Å²) in [4.78, 5) is 2.14. The van der Waals surface area contributed by atoms with Gasteiger partial charge in [-0.2, -0.15) is 0 Å². The van der Waals surface area contributed by atoms with Gasteiger partial charge in [-0.15, -0.1) is 0 Å². The van der Waals surface area contributed by atoms with E-state index in [1.165, 1.54) is 12.0 Å². The monoisotopic (exact) mass is 228 g/mol. The molecule has 64 valence electrons. The molecule has 0 saturated carbocycles. The van der Waals surface area contributed by atoms with Gasteiger partial charge in [-0.25, -0.2) is 0 Å². The van der Waals surface area contributed by atoms with Crippen molar-refractivity contribution in [1.29, 1.82) is 5.26 Å². The van der Waals surface area contributed by atoms with Crippen LogP contribution in [0.4, 0.5) is 4.56 Å². The molecular formula is C9H12N2Se. The van der Waals surface area contributed by atoms with Crippen LogP contribution in [0.1, 0.15) is 30.9 Å². The van der Waals surface area contributed by atoms with Crippen LogP contribution in [0.2, 0.25) is 0 Å².